The molecule has 0 saturated heterocycles. The Labute approximate surface area is 129 Å². The van der Waals surface area contributed by atoms with E-state index in [1.807, 2.05) is 13.8 Å². The molecular weight excluding hydrogens is 338 g/mol. The summed E-state index contributed by atoms with van der Waals surface area (Å²) < 4.78 is 5.91. The molecule has 0 aliphatic carbocycles. The number of amides is 1. The first-order valence-electron chi connectivity index (χ1n) is 6.45. The fourth-order valence-corrected chi connectivity index (χ4v) is 2.48. The number of rotatable bonds is 3. The molecule has 1 aliphatic rings. The third-order valence-corrected chi connectivity index (χ3v) is 3.71. The summed E-state index contributed by atoms with van der Waals surface area (Å²) in [5.41, 5.74) is 0.964. The van der Waals surface area contributed by atoms with E-state index in [-0.39, 0.29) is 12.5 Å². The highest BCUT2D eigenvalue weighted by atomic mass is 79.9. The number of ketones is 1. The van der Waals surface area contributed by atoms with Crippen LogP contribution in [-0.2, 0) is 11.3 Å². The van der Waals surface area contributed by atoms with Crippen LogP contribution in [0, 0.1) is 0 Å². The second-order valence-corrected chi connectivity index (χ2v) is 6.00. The van der Waals surface area contributed by atoms with Gasteiger partial charge in [0.2, 0.25) is 5.89 Å². The van der Waals surface area contributed by atoms with E-state index in [0.29, 0.717) is 23.0 Å². The molecular formula is C14H12BrN3O3. The molecule has 6 nitrogen and oxygen atoms in total. The summed E-state index contributed by atoms with van der Waals surface area (Å²) in [5.74, 6) is -0.0715. The predicted molar refractivity (Wildman–Crippen MR) is 78.0 cm³/mol. The highest BCUT2D eigenvalue weighted by molar-refractivity contribution is 9.10. The largest absolute Gasteiger partial charge is 0.339 e. The Hall–Kier alpha value is -2.02. The Kier molecular flexibility index (Phi) is 3.36. The van der Waals surface area contributed by atoms with Gasteiger partial charge in [-0.1, -0.05) is 34.9 Å². The topological polar surface area (TPSA) is 76.3 Å². The number of hydrogen-bond acceptors (Lipinski definition) is 5. The number of benzene rings is 1. The van der Waals surface area contributed by atoms with Gasteiger partial charge >= 0.3 is 0 Å². The lowest BCUT2D eigenvalue weighted by atomic mass is 10.1. The molecule has 1 amide bonds. The van der Waals surface area contributed by atoms with E-state index in [1.165, 1.54) is 4.90 Å². The van der Waals surface area contributed by atoms with E-state index in [0.717, 1.165) is 4.47 Å². The monoisotopic (exact) mass is 349 g/mol. The zero-order chi connectivity index (χ0) is 15.1. The summed E-state index contributed by atoms with van der Waals surface area (Å²) in [4.78, 5) is 29.7. The third kappa shape index (κ3) is 2.37. The van der Waals surface area contributed by atoms with Gasteiger partial charge in [0.15, 0.2) is 5.82 Å². The van der Waals surface area contributed by atoms with Crippen molar-refractivity contribution in [3.05, 3.63) is 40.0 Å². The van der Waals surface area contributed by atoms with Crippen molar-refractivity contribution >= 4 is 33.3 Å². The number of carbonyl (C=O) groups is 2. The molecule has 0 saturated carbocycles. The lowest BCUT2D eigenvalue weighted by Crippen LogP contribution is -2.29. The number of halogens is 1. The fourth-order valence-electron chi connectivity index (χ4n) is 2.13. The highest BCUT2D eigenvalue weighted by Crippen LogP contribution is 2.32. The van der Waals surface area contributed by atoms with E-state index < -0.39 is 11.7 Å². The van der Waals surface area contributed by atoms with Crippen molar-refractivity contribution in [2.24, 2.45) is 0 Å². The zero-order valence-corrected chi connectivity index (χ0v) is 13.0. The third-order valence-electron chi connectivity index (χ3n) is 3.21. The van der Waals surface area contributed by atoms with E-state index >= 15 is 0 Å². The lowest BCUT2D eigenvalue weighted by Gasteiger charge is -2.14. The maximum atomic E-state index is 12.1. The highest BCUT2D eigenvalue weighted by Gasteiger charge is 2.36. The second kappa shape index (κ2) is 5.07. The number of nitrogens with zero attached hydrogens (tertiary/aromatic N) is 3. The van der Waals surface area contributed by atoms with Gasteiger partial charge in [-0.05, 0) is 18.2 Å². The van der Waals surface area contributed by atoms with E-state index in [1.54, 1.807) is 18.2 Å². The van der Waals surface area contributed by atoms with Gasteiger partial charge in [-0.2, -0.15) is 4.98 Å². The van der Waals surface area contributed by atoms with Crippen molar-refractivity contribution in [2.45, 2.75) is 26.3 Å². The minimum Gasteiger partial charge on any atom is -0.339 e. The van der Waals surface area contributed by atoms with Crippen molar-refractivity contribution in [3.63, 3.8) is 0 Å². The number of fused-ring (bicyclic) bond motifs is 1. The normalized spacial score (nSPS) is 14.2. The molecule has 0 spiro atoms. The molecule has 2 heterocycles. The summed E-state index contributed by atoms with van der Waals surface area (Å²) in [6.07, 6.45) is 0. The maximum absolute atomic E-state index is 12.1. The predicted octanol–water partition coefficient (Wildman–Crippen LogP) is 2.69. The van der Waals surface area contributed by atoms with Crippen LogP contribution in [0.5, 0.6) is 0 Å². The second-order valence-electron chi connectivity index (χ2n) is 5.09. The zero-order valence-electron chi connectivity index (χ0n) is 11.5. The Morgan fingerprint density at radius 3 is 2.76 bits per heavy atom. The Balaban J connectivity index is 1.94. The molecule has 2 aromatic rings. The first kappa shape index (κ1) is 13.9. The van der Waals surface area contributed by atoms with Crippen molar-refractivity contribution in [2.75, 3.05) is 4.90 Å². The van der Waals surface area contributed by atoms with Crippen LogP contribution in [0.4, 0.5) is 5.69 Å². The molecule has 0 radical (unpaired) electrons. The molecule has 21 heavy (non-hydrogen) atoms. The van der Waals surface area contributed by atoms with Gasteiger partial charge in [0.25, 0.3) is 11.7 Å². The summed E-state index contributed by atoms with van der Waals surface area (Å²) in [6.45, 7) is 3.99. The molecule has 0 atom stereocenters. The average Bonchev–Trinajstić information content (AvgIpc) is 2.99. The number of aromatic nitrogens is 2. The van der Waals surface area contributed by atoms with Gasteiger partial charge in [-0.15, -0.1) is 0 Å². The smallest absolute Gasteiger partial charge is 0.299 e. The van der Waals surface area contributed by atoms with Gasteiger partial charge in [-0.3, -0.25) is 14.5 Å². The van der Waals surface area contributed by atoms with Gasteiger partial charge < -0.3 is 4.52 Å². The van der Waals surface area contributed by atoms with Gasteiger partial charge in [0.1, 0.15) is 0 Å². The summed E-state index contributed by atoms with van der Waals surface area (Å²) in [6, 6.07) is 5.11. The quantitative estimate of drug-likeness (QED) is 0.796. The molecule has 108 valence electrons. The lowest BCUT2D eigenvalue weighted by molar-refractivity contribution is -0.114. The van der Waals surface area contributed by atoms with Crippen LogP contribution in [0.2, 0.25) is 0 Å². The van der Waals surface area contributed by atoms with Gasteiger partial charge in [0, 0.05) is 10.4 Å². The summed E-state index contributed by atoms with van der Waals surface area (Å²) in [5, 5.41) is 3.85. The standard InChI is InChI=1S/C14H12BrN3O3/c1-7(2)13-16-11(17-21-13)6-18-10-5-8(15)3-4-9(10)12(19)14(18)20/h3-5,7H,6H2,1-2H3. The van der Waals surface area contributed by atoms with Gasteiger partial charge in [-0.25, -0.2) is 0 Å². The molecule has 0 N–H and O–H groups in total. The number of anilines is 1. The van der Waals surface area contributed by atoms with Crippen molar-refractivity contribution in [1.29, 1.82) is 0 Å². The average molecular weight is 350 g/mol. The van der Waals surface area contributed by atoms with Crippen molar-refractivity contribution in [3.8, 4) is 0 Å². The first-order valence-corrected chi connectivity index (χ1v) is 7.25. The molecule has 0 bridgehead atoms. The summed E-state index contributed by atoms with van der Waals surface area (Å²) >= 11 is 3.34. The van der Waals surface area contributed by atoms with Crippen LogP contribution < -0.4 is 4.90 Å². The van der Waals surface area contributed by atoms with Crippen LogP contribution in [0.3, 0.4) is 0 Å². The SMILES string of the molecule is CC(C)c1nc(CN2C(=O)C(=O)c3ccc(Br)cc32)no1. The fraction of sp³-hybridized carbons (Fsp3) is 0.286. The molecule has 0 fully saturated rings. The van der Waals surface area contributed by atoms with Crippen molar-refractivity contribution < 1.29 is 14.1 Å². The molecule has 0 unspecified atom stereocenters. The van der Waals surface area contributed by atoms with Crippen LogP contribution in [0.25, 0.3) is 0 Å². The van der Waals surface area contributed by atoms with E-state index in [9.17, 15) is 9.59 Å². The minimum atomic E-state index is -0.570. The summed E-state index contributed by atoms with van der Waals surface area (Å²) in [7, 11) is 0. The number of carbonyl (C=O) groups excluding carboxylic acids is 2. The molecule has 1 aliphatic heterocycles. The molecule has 7 heteroatoms. The van der Waals surface area contributed by atoms with Crippen LogP contribution >= 0.6 is 15.9 Å². The molecule has 1 aromatic heterocycles. The van der Waals surface area contributed by atoms with Crippen LogP contribution in [-0.4, -0.2) is 21.8 Å². The molecule has 3 rings (SSSR count). The minimum absolute atomic E-state index is 0.114. The number of hydrogen-bond donors (Lipinski definition) is 0. The van der Waals surface area contributed by atoms with E-state index in [4.69, 9.17) is 4.52 Å². The Morgan fingerprint density at radius 1 is 1.33 bits per heavy atom. The molecule has 1 aromatic carbocycles. The van der Waals surface area contributed by atoms with Gasteiger partial charge in [0.05, 0.1) is 17.8 Å². The van der Waals surface area contributed by atoms with E-state index in [2.05, 4.69) is 26.1 Å². The Bertz CT molecular complexity index is 739. The number of Topliss-reactive ketones (excluding diaryl/α,β-unsaturated/α-hetero) is 1. The van der Waals surface area contributed by atoms with Crippen LogP contribution in [0.1, 0.15) is 41.8 Å². The Morgan fingerprint density at radius 2 is 2.10 bits per heavy atom. The maximum Gasteiger partial charge on any atom is 0.299 e. The van der Waals surface area contributed by atoms with Crippen molar-refractivity contribution in [1.82, 2.24) is 10.1 Å². The first-order chi connectivity index (χ1) is 9.97. The van der Waals surface area contributed by atoms with Crippen LogP contribution in [0.15, 0.2) is 27.2 Å².